The van der Waals surface area contributed by atoms with Crippen molar-refractivity contribution in [3.05, 3.63) is 65.5 Å². The zero-order valence-corrected chi connectivity index (χ0v) is 14.2. The lowest BCUT2D eigenvalue weighted by Crippen LogP contribution is -2.29. The number of carbonyl (C=O) groups is 3. The van der Waals surface area contributed by atoms with Crippen LogP contribution in [0.4, 0.5) is 10.1 Å². The van der Waals surface area contributed by atoms with E-state index in [2.05, 4.69) is 10.6 Å². The zero-order valence-electron chi connectivity index (χ0n) is 14.2. The van der Waals surface area contributed by atoms with E-state index in [9.17, 15) is 18.8 Å². The predicted octanol–water partition coefficient (Wildman–Crippen LogP) is 3.12. The van der Waals surface area contributed by atoms with Crippen LogP contribution in [0.25, 0.3) is 0 Å². The quantitative estimate of drug-likeness (QED) is 0.709. The summed E-state index contributed by atoms with van der Waals surface area (Å²) in [6.07, 6.45) is 0.0202. The second kappa shape index (κ2) is 8.75. The minimum atomic E-state index is -0.987. The average Bonchev–Trinajstić information content (AvgIpc) is 2.58. The molecule has 0 aromatic heterocycles. The van der Waals surface area contributed by atoms with Crippen LogP contribution < -0.4 is 10.6 Å². The lowest BCUT2D eigenvalue weighted by Gasteiger charge is -2.19. The molecule has 0 radical (unpaired) electrons. The van der Waals surface area contributed by atoms with Crippen LogP contribution in [0.1, 0.15) is 41.7 Å². The minimum absolute atomic E-state index is 0.145. The molecular weight excluding hydrogens is 339 g/mol. The smallest absolute Gasteiger partial charge is 0.303 e. The molecule has 2 rings (SSSR count). The molecule has 0 saturated carbocycles. The fourth-order valence-electron chi connectivity index (χ4n) is 2.47. The van der Waals surface area contributed by atoms with Crippen molar-refractivity contribution in [1.82, 2.24) is 5.32 Å². The number of benzene rings is 2. The Hall–Kier alpha value is -3.22. The van der Waals surface area contributed by atoms with Gasteiger partial charge in [0.15, 0.2) is 0 Å². The van der Waals surface area contributed by atoms with Crippen LogP contribution in [0.3, 0.4) is 0 Å². The minimum Gasteiger partial charge on any atom is -0.481 e. The van der Waals surface area contributed by atoms with E-state index in [1.807, 2.05) is 0 Å². The monoisotopic (exact) mass is 358 g/mol. The van der Waals surface area contributed by atoms with E-state index in [0.717, 1.165) is 0 Å². The summed E-state index contributed by atoms with van der Waals surface area (Å²) in [6.45, 7) is 1.36. The molecule has 0 spiro atoms. The molecule has 2 amide bonds. The van der Waals surface area contributed by atoms with Gasteiger partial charge in [-0.25, -0.2) is 4.39 Å². The van der Waals surface area contributed by atoms with Crippen molar-refractivity contribution in [2.75, 3.05) is 5.32 Å². The van der Waals surface area contributed by atoms with E-state index in [1.54, 1.807) is 18.2 Å². The van der Waals surface area contributed by atoms with Crippen molar-refractivity contribution >= 4 is 23.5 Å². The lowest BCUT2D eigenvalue weighted by molar-refractivity contribution is -0.137. The van der Waals surface area contributed by atoms with Gasteiger partial charge in [0, 0.05) is 24.6 Å². The molecule has 0 aliphatic carbocycles. The van der Waals surface area contributed by atoms with Gasteiger partial charge in [-0.2, -0.15) is 0 Å². The van der Waals surface area contributed by atoms with Gasteiger partial charge in [0.1, 0.15) is 5.82 Å². The van der Waals surface area contributed by atoms with Gasteiger partial charge in [-0.3, -0.25) is 14.4 Å². The molecule has 6 nitrogen and oxygen atoms in total. The Morgan fingerprint density at radius 2 is 1.81 bits per heavy atom. The third-order valence-electron chi connectivity index (χ3n) is 3.67. The van der Waals surface area contributed by atoms with Gasteiger partial charge in [-0.15, -0.1) is 0 Å². The summed E-state index contributed by atoms with van der Waals surface area (Å²) in [5.41, 5.74) is 1.41. The maximum atomic E-state index is 13.1. The molecule has 1 atom stereocenters. The lowest BCUT2D eigenvalue weighted by atomic mass is 10.0. The number of rotatable bonds is 7. The molecule has 0 aliphatic rings. The van der Waals surface area contributed by atoms with E-state index in [0.29, 0.717) is 16.8 Å². The summed E-state index contributed by atoms with van der Waals surface area (Å²) in [7, 11) is 0. The molecule has 2 aromatic carbocycles. The normalized spacial score (nSPS) is 11.5. The molecule has 136 valence electrons. The van der Waals surface area contributed by atoms with Gasteiger partial charge in [0.2, 0.25) is 5.91 Å². The summed E-state index contributed by atoms with van der Waals surface area (Å²) in [5.74, 6) is -2.08. The molecule has 7 heteroatoms. The average molecular weight is 358 g/mol. The first kappa shape index (κ1) is 19.1. The molecule has 0 aliphatic heterocycles. The van der Waals surface area contributed by atoms with Crippen LogP contribution in [0.5, 0.6) is 0 Å². The number of nitrogens with one attached hydrogen (secondary N) is 2. The molecule has 26 heavy (non-hydrogen) atoms. The van der Waals surface area contributed by atoms with Gasteiger partial charge < -0.3 is 15.7 Å². The zero-order chi connectivity index (χ0) is 19.1. The molecule has 0 saturated heterocycles. The maximum Gasteiger partial charge on any atom is 0.303 e. The number of halogens is 1. The third kappa shape index (κ3) is 5.70. The first-order chi connectivity index (χ1) is 12.3. The van der Waals surface area contributed by atoms with Crippen LogP contribution in [-0.2, 0) is 9.59 Å². The highest BCUT2D eigenvalue weighted by Gasteiger charge is 2.17. The highest BCUT2D eigenvalue weighted by molar-refractivity contribution is 5.97. The van der Waals surface area contributed by atoms with Gasteiger partial charge in [-0.05, 0) is 42.3 Å². The molecule has 0 bridgehead atoms. The summed E-state index contributed by atoms with van der Waals surface area (Å²) >= 11 is 0. The summed E-state index contributed by atoms with van der Waals surface area (Å²) < 4.78 is 13.1. The Morgan fingerprint density at radius 1 is 1.12 bits per heavy atom. The van der Waals surface area contributed by atoms with Crippen LogP contribution in [0.15, 0.2) is 48.5 Å². The Labute approximate surface area is 150 Å². The number of carboxylic acid groups (broad SMARTS) is 1. The van der Waals surface area contributed by atoms with E-state index in [4.69, 9.17) is 5.11 Å². The SMILES string of the molecule is CC(=O)Nc1cccc(C(=O)NC(CCC(=O)O)c2ccc(F)cc2)c1. The first-order valence-corrected chi connectivity index (χ1v) is 8.01. The van der Waals surface area contributed by atoms with Gasteiger partial charge in [0.05, 0.1) is 6.04 Å². The highest BCUT2D eigenvalue weighted by Crippen LogP contribution is 2.20. The maximum absolute atomic E-state index is 13.1. The standard InChI is InChI=1S/C19H19FN2O4/c1-12(23)21-16-4-2-3-14(11-16)19(26)22-17(9-10-18(24)25)13-5-7-15(20)8-6-13/h2-8,11,17H,9-10H2,1H3,(H,21,23)(H,22,26)(H,24,25). The first-order valence-electron chi connectivity index (χ1n) is 8.01. The molecule has 1 unspecified atom stereocenters. The van der Waals surface area contributed by atoms with E-state index >= 15 is 0 Å². The van der Waals surface area contributed by atoms with Crippen LogP contribution >= 0.6 is 0 Å². The van der Waals surface area contributed by atoms with Crippen molar-refractivity contribution < 1.29 is 23.9 Å². The largest absolute Gasteiger partial charge is 0.481 e. The van der Waals surface area contributed by atoms with Crippen LogP contribution in [0, 0.1) is 5.82 Å². The van der Waals surface area contributed by atoms with E-state index in [1.165, 1.54) is 37.3 Å². The van der Waals surface area contributed by atoms with Crippen LogP contribution in [-0.4, -0.2) is 22.9 Å². The van der Waals surface area contributed by atoms with Crippen molar-refractivity contribution in [2.45, 2.75) is 25.8 Å². The number of aliphatic carboxylic acids is 1. The third-order valence-corrected chi connectivity index (χ3v) is 3.67. The summed E-state index contributed by atoms with van der Waals surface area (Å²) in [6, 6.07) is 11.3. The second-order valence-electron chi connectivity index (χ2n) is 5.77. The fraction of sp³-hybridized carbons (Fsp3) is 0.211. The molecule has 0 fully saturated rings. The number of anilines is 1. The highest BCUT2D eigenvalue weighted by atomic mass is 19.1. The van der Waals surface area contributed by atoms with E-state index < -0.39 is 23.7 Å². The number of carbonyl (C=O) groups excluding carboxylic acids is 2. The second-order valence-corrected chi connectivity index (χ2v) is 5.77. The van der Waals surface area contributed by atoms with Crippen molar-refractivity contribution in [3.8, 4) is 0 Å². The van der Waals surface area contributed by atoms with E-state index in [-0.39, 0.29) is 18.7 Å². The predicted molar refractivity (Wildman–Crippen MR) is 94.2 cm³/mol. The van der Waals surface area contributed by atoms with Crippen LogP contribution in [0.2, 0.25) is 0 Å². The topological polar surface area (TPSA) is 95.5 Å². The van der Waals surface area contributed by atoms with Gasteiger partial charge in [-0.1, -0.05) is 18.2 Å². The number of amides is 2. The Bertz CT molecular complexity index is 805. The summed E-state index contributed by atoms with van der Waals surface area (Å²) in [4.78, 5) is 34.5. The van der Waals surface area contributed by atoms with Crippen molar-refractivity contribution in [2.24, 2.45) is 0 Å². The van der Waals surface area contributed by atoms with Crippen molar-refractivity contribution in [3.63, 3.8) is 0 Å². The fourth-order valence-corrected chi connectivity index (χ4v) is 2.47. The Kier molecular flexibility index (Phi) is 6.43. The Balaban J connectivity index is 2.18. The van der Waals surface area contributed by atoms with Crippen molar-refractivity contribution in [1.29, 1.82) is 0 Å². The number of hydrogen-bond donors (Lipinski definition) is 3. The molecule has 3 N–H and O–H groups in total. The Morgan fingerprint density at radius 3 is 2.42 bits per heavy atom. The summed E-state index contributed by atoms with van der Waals surface area (Å²) in [5, 5.41) is 14.3. The molecule has 2 aromatic rings. The molecular formula is C19H19FN2O4. The van der Waals surface area contributed by atoms with Gasteiger partial charge in [0.25, 0.3) is 5.91 Å². The molecule has 0 heterocycles. The van der Waals surface area contributed by atoms with Gasteiger partial charge >= 0.3 is 5.97 Å². The number of carboxylic acids is 1. The number of hydrogen-bond acceptors (Lipinski definition) is 3.